The molecule has 0 aromatic rings. The second-order valence-corrected chi connectivity index (χ2v) is 5.01. The SMILES string of the molecule is CC1CN(CCCOCC(F)(F)F)C(C)CCN1. The van der Waals surface area contributed by atoms with Crippen LogP contribution in [0.2, 0.25) is 0 Å². The third kappa shape index (κ3) is 6.56. The molecule has 108 valence electrons. The van der Waals surface area contributed by atoms with Gasteiger partial charge in [0.1, 0.15) is 6.61 Å². The van der Waals surface area contributed by atoms with Crippen molar-refractivity contribution in [3.05, 3.63) is 0 Å². The summed E-state index contributed by atoms with van der Waals surface area (Å²) < 4.78 is 40.2. The predicted octanol–water partition coefficient (Wildman–Crippen LogP) is 2.03. The van der Waals surface area contributed by atoms with Crippen LogP contribution in [0.15, 0.2) is 0 Å². The lowest BCUT2D eigenvalue weighted by molar-refractivity contribution is -0.174. The lowest BCUT2D eigenvalue weighted by Gasteiger charge is -2.28. The average molecular weight is 268 g/mol. The number of alkyl halides is 3. The molecule has 0 saturated carbocycles. The first-order chi connectivity index (χ1) is 8.38. The molecule has 0 aromatic heterocycles. The molecule has 18 heavy (non-hydrogen) atoms. The van der Waals surface area contributed by atoms with Crippen LogP contribution >= 0.6 is 0 Å². The van der Waals surface area contributed by atoms with Crippen LogP contribution in [0.1, 0.15) is 26.7 Å². The second kappa shape index (κ2) is 7.31. The van der Waals surface area contributed by atoms with Gasteiger partial charge in [-0.25, -0.2) is 0 Å². The highest BCUT2D eigenvalue weighted by Gasteiger charge is 2.27. The molecule has 1 rings (SSSR count). The van der Waals surface area contributed by atoms with E-state index in [0.717, 1.165) is 26.1 Å². The van der Waals surface area contributed by atoms with E-state index in [2.05, 4.69) is 28.8 Å². The fourth-order valence-electron chi connectivity index (χ4n) is 2.19. The maximum Gasteiger partial charge on any atom is 0.411 e. The number of hydrogen-bond donors (Lipinski definition) is 1. The molecule has 0 radical (unpaired) electrons. The van der Waals surface area contributed by atoms with Gasteiger partial charge in [-0.1, -0.05) is 0 Å². The van der Waals surface area contributed by atoms with Gasteiger partial charge in [0.15, 0.2) is 0 Å². The van der Waals surface area contributed by atoms with Crippen LogP contribution in [0.5, 0.6) is 0 Å². The molecule has 2 atom stereocenters. The summed E-state index contributed by atoms with van der Waals surface area (Å²) >= 11 is 0. The summed E-state index contributed by atoms with van der Waals surface area (Å²) in [5, 5.41) is 3.40. The molecule has 1 aliphatic rings. The third-order valence-electron chi connectivity index (χ3n) is 3.19. The van der Waals surface area contributed by atoms with Crippen molar-refractivity contribution >= 4 is 0 Å². The van der Waals surface area contributed by atoms with E-state index in [1.165, 1.54) is 0 Å². The summed E-state index contributed by atoms with van der Waals surface area (Å²) in [6.07, 6.45) is -2.49. The molecule has 0 spiro atoms. The summed E-state index contributed by atoms with van der Waals surface area (Å²) in [6, 6.07) is 0.913. The normalized spacial score (nSPS) is 27.2. The highest BCUT2D eigenvalue weighted by atomic mass is 19.4. The fourth-order valence-corrected chi connectivity index (χ4v) is 2.19. The quantitative estimate of drug-likeness (QED) is 0.772. The van der Waals surface area contributed by atoms with Crippen LogP contribution in [0.3, 0.4) is 0 Å². The van der Waals surface area contributed by atoms with Gasteiger partial charge in [0.05, 0.1) is 0 Å². The smallest absolute Gasteiger partial charge is 0.372 e. The average Bonchev–Trinajstić information content (AvgIpc) is 2.39. The Balaban J connectivity index is 2.17. The Hall–Kier alpha value is -0.330. The zero-order valence-electron chi connectivity index (χ0n) is 11.1. The molecule has 1 heterocycles. The Morgan fingerprint density at radius 3 is 2.72 bits per heavy atom. The first-order valence-electron chi connectivity index (χ1n) is 6.50. The molecule has 1 saturated heterocycles. The molecule has 0 bridgehead atoms. The van der Waals surface area contributed by atoms with Crippen molar-refractivity contribution in [1.29, 1.82) is 0 Å². The standard InChI is InChI=1S/C12H23F3N2O/c1-10-8-17(11(2)4-5-16-10)6-3-7-18-9-12(13,14)15/h10-11,16H,3-9H2,1-2H3. The van der Waals surface area contributed by atoms with Gasteiger partial charge in [0, 0.05) is 31.8 Å². The van der Waals surface area contributed by atoms with Gasteiger partial charge < -0.3 is 10.1 Å². The third-order valence-corrected chi connectivity index (χ3v) is 3.19. The summed E-state index contributed by atoms with van der Waals surface area (Å²) in [6.45, 7) is 6.07. The van der Waals surface area contributed by atoms with Crippen molar-refractivity contribution in [2.24, 2.45) is 0 Å². The zero-order valence-corrected chi connectivity index (χ0v) is 11.1. The maximum atomic E-state index is 11.9. The number of rotatable bonds is 5. The van der Waals surface area contributed by atoms with E-state index in [9.17, 15) is 13.2 Å². The second-order valence-electron chi connectivity index (χ2n) is 5.01. The van der Waals surface area contributed by atoms with Crippen LogP contribution in [-0.4, -0.2) is 56.0 Å². The van der Waals surface area contributed by atoms with Gasteiger partial charge >= 0.3 is 6.18 Å². The zero-order chi connectivity index (χ0) is 13.6. The van der Waals surface area contributed by atoms with Crippen LogP contribution in [0, 0.1) is 0 Å². The molecule has 1 aliphatic heterocycles. The molecule has 0 amide bonds. The number of hydrogen-bond acceptors (Lipinski definition) is 3. The Morgan fingerprint density at radius 2 is 2.06 bits per heavy atom. The van der Waals surface area contributed by atoms with Gasteiger partial charge in [-0.3, -0.25) is 4.90 Å². The molecule has 0 aliphatic carbocycles. The van der Waals surface area contributed by atoms with Crippen LogP contribution in [0.25, 0.3) is 0 Å². The minimum atomic E-state index is -4.21. The number of nitrogens with zero attached hydrogens (tertiary/aromatic N) is 1. The van der Waals surface area contributed by atoms with Crippen molar-refractivity contribution in [3.63, 3.8) is 0 Å². The summed E-state index contributed by atoms with van der Waals surface area (Å²) in [7, 11) is 0. The van der Waals surface area contributed by atoms with E-state index in [0.29, 0.717) is 18.5 Å². The van der Waals surface area contributed by atoms with Crippen molar-refractivity contribution in [1.82, 2.24) is 10.2 Å². The van der Waals surface area contributed by atoms with E-state index in [-0.39, 0.29) is 6.61 Å². The van der Waals surface area contributed by atoms with Gasteiger partial charge in [-0.05, 0) is 33.2 Å². The lowest BCUT2D eigenvalue weighted by atomic mass is 10.2. The van der Waals surface area contributed by atoms with E-state index in [1.807, 2.05) is 0 Å². The van der Waals surface area contributed by atoms with Gasteiger partial charge in [0.2, 0.25) is 0 Å². The van der Waals surface area contributed by atoms with Crippen molar-refractivity contribution in [2.75, 3.05) is 32.8 Å². The minimum Gasteiger partial charge on any atom is -0.372 e. The number of ether oxygens (including phenoxy) is 1. The Morgan fingerprint density at radius 1 is 1.33 bits per heavy atom. The van der Waals surface area contributed by atoms with Gasteiger partial charge in [0.25, 0.3) is 0 Å². The summed E-state index contributed by atoms with van der Waals surface area (Å²) in [5.41, 5.74) is 0. The monoisotopic (exact) mass is 268 g/mol. The molecule has 1 fully saturated rings. The number of halogens is 3. The summed E-state index contributed by atoms with van der Waals surface area (Å²) in [5.74, 6) is 0. The molecular formula is C12H23F3N2O. The Labute approximate surface area is 107 Å². The van der Waals surface area contributed by atoms with E-state index in [4.69, 9.17) is 0 Å². The minimum absolute atomic E-state index is 0.171. The Kier molecular flexibility index (Phi) is 6.38. The van der Waals surface area contributed by atoms with Crippen LogP contribution in [-0.2, 0) is 4.74 Å². The fraction of sp³-hybridized carbons (Fsp3) is 1.00. The van der Waals surface area contributed by atoms with Crippen molar-refractivity contribution in [3.8, 4) is 0 Å². The summed E-state index contributed by atoms with van der Waals surface area (Å²) in [4.78, 5) is 2.32. The van der Waals surface area contributed by atoms with Gasteiger partial charge in [-0.15, -0.1) is 0 Å². The van der Waals surface area contributed by atoms with Crippen LogP contribution in [0.4, 0.5) is 13.2 Å². The molecule has 0 aromatic carbocycles. The molecular weight excluding hydrogens is 245 g/mol. The van der Waals surface area contributed by atoms with E-state index < -0.39 is 12.8 Å². The van der Waals surface area contributed by atoms with Crippen molar-refractivity contribution < 1.29 is 17.9 Å². The molecule has 1 N–H and O–H groups in total. The maximum absolute atomic E-state index is 11.9. The van der Waals surface area contributed by atoms with Crippen LogP contribution < -0.4 is 5.32 Å². The first-order valence-corrected chi connectivity index (χ1v) is 6.50. The number of nitrogens with one attached hydrogen (secondary N) is 1. The molecule has 3 nitrogen and oxygen atoms in total. The van der Waals surface area contributed by atoms with E-state index >= 15 is 0 Å². The first kappa shape index (κ1) is 15.7. The molecule has 2 unspecified atom stereocenters. The van der Waals surface area contributed by atoms with E-state index in [1.54, 1.807) is 0 Å². The Bertz CT molecular complexity index is 236. The predicted molar refractivity (Wildman–Crippen MR) is 64.6 cm³/mol. The van der Waals surface area contributed by atoms with Gasteiger partial charge in [-0.2, -0.15) is 13.2 Å². The van der Waals surface area contributed by atoms with Crippen molar-refractivity contribution in [2.45, 2.75) is 44.9 Å². The highest BCUT2D eigenvalue weighted by Crippen LogP contribution is 2.14. The lowest BCUT2D eigenvalue weighted by Crippen LogP contribution is -2.39. The highest BCUT2D eigenvalue weighted by molar-refractivity contribution is 4.78. The topological polar surface area (TPSA) is 24.5 Å². The largest absolute Gasteiger partial charge is 0.411 e. The molecule has 6 heteroatoms.